The molecule has 0 bridgehead atoms. The molecule has 0 spiro atoms. The number of hydrogen-bond acceptors (Lipinski definition) is 5. The van der Waals surface area contributed by atoms with E-state index in [0.29, 0.717) is 9.21 Å². The van der Waals surface area contributed by atoms with Gasteiger partial charge in [-0.1, -0.05) is 0 Å². The molecular formula is C11H7Br2N3O3. The van der Waals surface area contributed by atoms with Crippen LogP contribution in [0.2, 0.25) is 0 Å². The predicted octanol–water partition coefficient (Wildman–Crippen LogP) is 2.67. The first-order chi connectivity index (χ1) is 8.97. The fourth-order valence-electron chi connectivity index (χ4n) is 1.32. The molecule has 8 heteroatoms. The standard InChI is InChI=1S/C11H7Br2N3O3/c12-8-4-14-10(9(13)15-8)16-11(19)6-2-1-5(17)3-7(6)18/h1-4,17-18H,(H,14,16,19). The largest absolute Gasteiger partial charge is 0.508 e. The Morgan fingerprint density at radius 3 is 2.63 bits per heavy atom. The van der Waals surface area contributed by atoms with Crippen molar-refractivity contribution in [1.29, 1.82) is 0 Å². The van der Waals surface area contributed by atoms with Gasteiger partial charge in [0, 0.05) is 6.07 Å². The first-order valence-corrected chi connectivity index (χ1v) is 6.57. The summed E-state index contributed by atoms with van der Waals surface area (Å²) in [6, 6.07) is 3.69. The van der Waals surface area contributed by atoms with Gasteiger partial charge in [0.1, 0.15) is 20.7 Å². The Bertz CT molecular complexity index is 649. The van der Waals surface area contributed by atoms with Gasteiger partial charge in [0.15, 0.2) is 5.82 Å². The van der Waals surface area contributed by atoms with Gasteiger partial charge in [-0.15, -0.1) is 0 Å². The molecule has 0 unspecified atom stereocenters. The maximum atomic E-state index is 11.9. The number of phenols is 2. The number of nitrogens with zero attached hydrogens (tertiary/aromatic N) is 2. The Kier molecular flexibility index (Phi) is 4.01. The number of amides is 1. The molecule has 19 heavy (non-hydrogen) atoms. The van der Waals surface area contributed by atoms with Crippen molar-refractivity contribution in [1.82, 2.24) is 9.97 Å². The molecule has 2 rings (SSSR count). The molecule has 1 aromatic carbocycles. The number of rotatable bonds is 2. The van der Waals surface area contributed by atoms with Gasteiger partial charge in [0.25, 0.3) is 5.91 Å². The van der Waals surface area contributed by atoms with E-state index in [1.807, 2.05) is 0 Å². The Labute approximate surface area is 124 Å². The highest BCUT2D eigenvalue weighted by atomic mass is 79.9. The molecule has 98 valence electrons. The highest BCUT2D eigenvalue weighted by Gasteiger charge is 2.14. The highest BCUT2D eigenvalue weighted by Crippen LogP contribution is 2.25. The number of aromatic hydroxyl groups is 2. The van der Waals surface area contributed by atoms with Crippen LogP contribution in [0, 0.1) is 0 Å². The molecule has 0 aliphatic heterocycles. The quantitative estimate of drug-likeness (QED) is 0.735. The lowest BCUT2D eigenvalue weighted by atomic mass is 10.2. The molecule has 0 saturated carbocycles. The molecule has 0 aliphatic rings. The van der Waals surface area contributed by atoms with Crippen molar-refractivity contribution in [2.45, 2.75) is 0 Å². The molecule has 3 N–H and O–H groups in total. The number of phenolic OH excluding ortho intramolecular Hbond substituents is 2. The van der Waals surface area contributed by atoms with Crippen LogP contribution < -0.4 is 5.32 Å². The average molecular weight is 389 g/mol. The molecule has 1 aromatic heterocycles. The SMILES string of the molecule is O=C(Nc1ncc(Br)nc1Br)c1ccc(O)cc1O. The number of aromatic nitrogens is 2. The van der Waals surface area contributed by atoms with E-state index in [0.717, 1.165) is 6.07 Å². The first-order valence-electron chi connectivity index (χ1n) is 4.99. The molecule has 0 atom stereocenters. The second-order valence-electron chi connectivity index (χ2n) is 3.49. The van der Waals surface area contributed by atoms with Crippen molar-refractivity contribution >= 4 is 43.6 Å². The molecule has 0 radical (unpaired) electrons. The zero-order chi connectivity index (χ0) is 14.0. The lowest BCUT2D eigenvalue weighted by molar-refractivity contribution is 0.102. The summed E-state index contributed by atoms with van der Waals surface area (Å²) in [5.74, 6) is -0.784. The van der Waals surface area contributed by atoms with Gasteiger partial charge >= 0.3 is 0 Å². The Morgan fingerprint density at radius 2 is 2.00 bits per heavy atom. The minimum atomic E-state index is -0.560. The lowest BCUT2D eigenvalue weighted by Gasteiger charge is -2.07. The summed E-state index contributed by atoms with van der Waals surface area (Å²) in [5.41, 5.74) is 0.0226. The normalized spacial score (nSPS) is 10.2. The van der Waals surface area contributed by atoms with Crippen LogP contribution >= 0.6 is 31.9 Å². The van der Waals surface area contributed by atoms with Crippen LogP contribution in [0.5, 0.6) is 11.5 Å². The Balaban J connectivity index is 2.25. The number of anilines is 1. The average Bonchev–Trinajstić information content (AvgIpc) is 2.32. The highest BCUT2D eigenvalue weighted by molar-refractivity contribution is 9.11. The van der Waals surface area contributed by atoms with Crippen molar-refractivity contribution in [2.75, 3.05) is 5.32 Å². The zero-order valence-electron chi connectivity index (χ0n) is 9.26. The molecular weight excluding hydrogens is 382 g/mol. The van der Waals surface area contributed by atoms with Gasteiger partial charge in [0.05, 0.1) is 11.8 Å². The molecule has 0 saturated heterocycles. The summed E-state index contributed by atoms with van der Waals surface area (Å²) in [7, 11) is 0. The topological polar surface area (TPSA) is 95.3 Å². The fraction of sp³-hybridized carbons (Fsp3) is 0. The Hall–Kier alpha value is -1.67. The number of carbonyl (C=O) groups excluding carboxylic acids is 1. The van der Waals surface area contributed by atoms with Crippen molar-refractivity contribution in [2.24, 2.45) is 0 Å². The van der Waals surface area contributed by atoms with E-state index in [2.05, 4.69) is 47.1 Å². The van der Waals surface area contributed by atoms with Crippen molar-refractivity contribution in [3.63, 3.8) is 0 Å². The second kappa shape index (κ2) is 5.54. The second-order valence-corrected chi connectivity index (χ2v) is 5.05. The summed E-state index contributed by atoms with van der Waals surface area (Å²) in [6.07, 6.45) is 1.43. The summed E-state index contributed by atoms with van der Waals surface area (Å²) in [5, 5.41) is 21.2. The Morgan fingerprint density at radius 1 is 1.26 bits per heavy atom. The summed E-state index contributed by atoms with van der Waals surface area (Å²) in [4.78, 5) is 19.9. The van der Waals surface area contributed by atoms with E-state index in [-0.39, 0.29) is 22.9 Å². The molecule has 1 amide bonds. The van der Waals surface area contributed by atoms with Crippen LogP contribution in [0.1, 0.15) is 10.4 Å². The van der Waals surface area contributed by atoms with E-state index in [4.69, 9.17) is 5.11 Å². The number of benzene rings is 1. The minimum absolute atomic E-state index is 0.0226. The van der Waals surface area contributed by atoms with Crippen LogP contribution in [0.4, 0.5) is 5.82 Å². The first kappa shape index (κ1) is 13.8. The molecule has 6 nitrogen and oxygen atoms in total. The maximum absolute atomic E-state index is 11.9. The summed E-state index contributed by atoms with van der Waals surface area (Å²) in [6.45, 7) is 0. The molecule has 2 aromatic rings. The number of nitrogens with one attached hydrogen (secondary N) is 1. The molecule has 0 fully saturated rings. The maximum Gasteiger partial charge on any atom is 0.260 e. The number of halogens is 2. The predicted molar refractivity (Wildman–Crippen MR) is 75.2 cm³/mol. The van der Waals surface area contributed by atoms with Crippen molar-refractivity contribution < 1.29 is 15.0 Å². The third-order valence-corrected chi connectivity index (χ3v) is 3.09. The third kappa shape index (κ3) is 3.21. The van der Waals surface area contributed by atoms with Gasteiger partial charge in [-0.2, -0.15) is 0 Å². The van der Waals surface area contributed by atoms with Crippen molar-refractivity contribution in [3.05, 3.63) is 39.2 Å². The number of hydrogen-bond donors (Lipinski definition) is 3. The summed E-state index contributed by atoms with van der Waals surface area (Å²) < 4.78 is 0.873. The van der Waals surface area contributed by atoms with Crippen LogP contribution in [-0.2, 0) is 0 Å². The van der Waals surface area contributed by atoms with E-state index in [1.165, 1.54) is 18.3 Å². The van der Waals surface area contributed by atoms with Crippen LogP contribution in [0.3, 0.4) is 0 Å². The minimum Gasteiger partial charge on any atom is -0.508 e. The van der Waals surface area contributed by atoms with E-state index < -0.39 is 5.91 Å². The fourth-order valence-corrected chi connectivity index (χ4v) is 2.23. The van der Waals surface area contributed by atoms with Gasteiger partial charge in [-0.25, -0.2) is 9.97 Å². The molecule has 1 heterocycles. The van der Waals surface area contributed by atoms with Gasteiger partial charge in [-0.05, 0) is 44.0 Å². The monoisotopic (exact) mass is 387 g/mol. The van der Waals surface area contributed by atoms with Crippen molar-refractivity contribution in [3.8, 4) is 11.5 Å². The lowest BCUT2D eigenvalue weighted by Crippen LogP contribution is -2.14. The van der Waals surface area contributed by atoms with Crippen LogP contribution in [0.25, 0.3) is 0 Å². The van der Waals surface area contributed by atoms with E-state index in [9.17, 15) is 9.90 Å². The van der Waals surface area contributed by atoms with Crippen LogP contribution in [0.15, 0.2) is 33.6 Å². The van der Waals surface area contributed by atoms with Crippen LogP contribution in [-0.4, -0.2) is 26.1 Å². The summed E-state index contributed by atoms with van der Waals surface area (Å²) >= 11 is 6.30. The number of carbonyl (C=O) groups is 1. The van der Waals surface area contributed by atoms with E-state index >= 15 is 0 Å². The zero-order valence-corrected chi connectivity index (χ0v) is 12.4. The van der Waals surface area contributed by atoms with Gasteiger partial charge in [0.2, 0.25) is 0 Å². The van der Waals surface area contributed by atoms with Gasteiger partial charge in [-0.3, -0.25) is 4.79 Å². The van der Waals surface area contributed by atoms with Gasteiger partial charge < -0.3 is 15.5 Å². The smallest absolute Gasteiger partial charge is 0.260 e. The molecule has 0 aliphatic carbocycles. The van der Waals surface area contributed by atoms with E-state index in [1.54, 1.807) is 0 Å². The third-order valence-electron chi connectivity index (χ3n) is 2.16.